The molecule has 0 spiro atoms. The smallest absolute Gasteiger partial charge is 0.188 e. The van der Waals surface area contributed by atoms with Gasteiger partial charge in [-0.15, -0.1) is 0 Å². The van der Waals surface area contributed by atoms with Gasteiger partial charge in [-0.25, -0.2) is 4.98 Å². The highest BCUT2D eigenvalue weighted by molar-refractivity contribution is 7.22. The van der Waals surface area contributed by atoms with E-state index in [9.17, 15) is 0 Å². The van der Waals surface area contributed by atoms with Crippen molar-refractivity contribution in [2.45, 2.75) is 0 Å². The molecule has 20 heavy (non-hydrogen) atoms. The first-order chi connectivity index (χ1) is 9.65. The van der Waals surface area contributed by atoms with E-state index in [0.29, 0.717) is 10.0 Å². The van der Waals surface area contributed by atoms with Gasteiger partial charge in [0.25, 0.3) is 0 Å². The van der Waals surface area contributed by atoms with E-state index in [-0.39, 0.29) is 0 Å². The fraction of sp³-hybridized carbons (Fsp3) is 0.0714. The number of hydrogen-bond donors (Lipinski definition) is 1. The number of benzene rings is 2. The predicted molar refractivity (Wildman–Crippen MR) is 85.9 cm³/mol. The summed E-state index contributed by atoms with van der Waals surface area (Å²) in [5.74, 6) is 0.813. The van der Waals surface area contributed by atoms with E-state index in [2.05, 4.69) is 10.3 Å². The molecule has 6 heteroatoms. The van der Waals surface area contributed by atoms with Crippen LogP contribution in [0.3, 0.4) is 0 Å². The average molecular weight is 325 g/mol. The molecule has 1 heterocycles. The van der Waals surface area contributed by atoms with E-state index in [1.165, 1.54) is 11.3 Å². The van der Waals surface area contributed by atoms with Crippen LogP contribution in [-0.2, 0) is 0 Å². The van der Waals surface area contributed by atoms with Crippen molar-refractivity contribution in [1.82, 2.24) is 4.98 Å². The minimum Gasteiger partial charge on any atom is -0.497 e. The SMILES string of the molecule is COc1ccc2nc(Nc3cc(Cl)ccc3Cl)sc2c1. The van der Waals surface area contributed by atoms with Gasteiger partial charge in [0.15, 0.2) is 5.13 Å². The molecule has 0 bridgehead atoms. The molecule has 0 saturated carbocycles. The summed E-state index contributed by atoms with van der Waals surface area (Å²) in [5, 5.41) is 5.18. The third-order valence-electron chi connectivity index (χ3n) is 2.77. The van der Waals surface area contributed by atoms with E-state index in [1.807, 2.05) is 18.2 Å². The van der Waals surface area contributed by atoms with Gasteiger partial charge in [-0.1, -0.05) is 34.5 Å². The Morgan fingerprint density at radius 1 is 1.15 bits per heavy atom. The molecular weight excluding hydrogens is 315 g/mol. The van der Waals surface area contributed by atoms with E-state index >= 15 is 0 Å². The number of methoxy groups -OCH3 is 1. The van der Waals surface area contributed by atoms with Gasteiger partial charge in [0.05, 0.1) is 28.0 Å². The first-order valence-corrected chi connectivity index (χ1v) is 7.39. The number of rotatable bonds is 3. The van der Waals surface area contributed by atoms with Gasteiger partial charge in [0, 0.05) is 5.02 Å². The molecule has 3 aromatic rings. The molecule has 0 atom stereocenters. The van der Waals surface area contributed by atoms with Crippen LogP contribution in [0.5, 0.6) is 5.75 Å². The van der Waals surface area contributed by atoms with Crippen molar-refractivity contribution in [3.8, 4) is 5.75 Å². The van der Waals surface area contributed by atoms with E-state index in [0.717, 1.165) is 26.8 Å². The number of fused-ring (bicyclic) bond motifs is 1. The number of nitrogens with zero attached hydrogens (tertiary/aromatic N) is 1. The van der Waals surface area contributed by atoms with Crippen LogP contribution in [0.15, 0.2) is 36.4 Å². The fourth-order valence-corrected chi connectivity index (χ4v) is 3.04. The molecule has 0 aliphatic carbocycles. The summed E-state index contributed by atoms with van der Waals surface area (Å²) in [4.78, 5) is 4.50. The van der Waals surface area contributed by atoms with Crippen molar-refractivity contribution in [2.75, 3.05) is 12.4 Å². The minimum atomic E-state index is 0.603. The van der Waals surface area contributed by atoms with Crippen LogP contribution in [0.2, 0.25) is 10.0 Å². The zero-order chi connectivity index (χ0) is 14.1. The molecule has 1 aromatic heterocycles. The van der Waals surface area contributed by atoms with Crippen molar-refractivity contribution in [1.29, 1.82) is 0 Å². The summed E-state index contributed by atoms with van der Waals surface area (Å²) in [6, 6.07) is 11.0. The zero-order valence-electron chi connectivity index (χ0n) is 10.5. The number of halogens is 2. The van der Waals surface area contributed by atoms with Crippen LogP contribution >= 0.6 is 34.5 Å². The van der Waals surface area contributed by atoms with Gasteiger partial charge in [-0.3, -0.25) is 0 Å². The lowest BCUT2D eigenvalue weighted by Gasteiger charge is -2.04. The summed E-state index contributed by atoms with van der Waals surface area (Å²) in [7, 11) is 1.65. The molecule has 1 N–H and O–H groups in total. The van der Waals surface area contributed by atoms with Gasteiger partial charge < -0.3 is 10.1 Å². The molecule has 0 aliphatic heterocycles. The van der Waals surface area contributed by atoms with Crippen molar-refractivity contribution in [3.63, 3.8) is 0 Å². The normalized spacial score (nSPS) is 10.8. The molecule has 0 saturated heterocycles. The number of thiazole rings is 1. The number of aromatic nitrogens is 1. The number of hydrogen-bond acceptors (Lipinski definition) is 4. The van der Waals surface area contributed by atoms with Crippen LogP contribution in [0.4, 0.5) is 10.8 Å². The summed E-state index contributed by atoms with van der Waals surface area (Å²) in [6.07, 6.45) is 0. The lowest BCUT2D eigenvalue weighted by Crippen LogP contribution is -1.89. The highest BCUT2D eigenvalue weighted by atomic mass is 35.5. The Bertz CT molecular complexity index is 773. The quantitative estimate of drug-likeness (QED) is 0.704. The second-order valence-electron chi connectivity index (χ2n) is 4.10. The summed E-state index contributed by atoms with van der Waals surface area (Å²) >= 11 is 13.6. The highest BCUT2D eigenvalue weighted by Crippen LogP contribution is 2.33. The molecular formula is C14H10Cl2N2OS. The average Bonchev–Trinajstić information content (AvgIpc) is 2.84. The van der Waals surface area contributed by atoms with Crippen molar-refractivity contribution < 1.29 is 4.74 Å². The standard InChI is InChI=1S/C14H10Cl2N2OS/c1-19-9-3-5-11-13(7-9)20-14(17-11)18-12-6-8(15)2-4-10(12)16/h2-7H,1H3,(H,17,18). The minimum absolute atomic E-state index is 0.603. The fourth-order valence-electron chi connectivity index (χ4n) is 1.79. The van der Waals surface area contributed by atoms with Gasteiger partial charge in [0.1, 0.15) is 5.75 Å². The van der Waals surface area contributed by atoms with Crippen LogP contribution in [-0.4, -0.2) is 12.1 Å². The second-order valence-corrected chi connectivity index (χ2v) is 5.98. The summed E-state index contributed by atoms with van der Waals surface area (Å²) in [6.45, 7) is 0. The lowest BCUT2D eigenvalue weighted by molar-refractivity contribution is 0.415. The maximum atomic E-state index is 6.13. The molecule has 2 aromatic carbocycles. The molecule has 0 radical (unpaired) electrons. The molecule has 3 nitrogen and oxygen atoms in total. The van der Waals surface area contributed by atoms with Gasteiger partial charge in [-0.2, -0.15) is 0 Å². The second kappa shape index (κ2) is 5.48. The third kappa shape index (κ3) is 2.68. The van der Waals surface area contributed by atoms with E-state index in [4.69, 9.17) is 27.9 Å². The molecule has 0 amide bonds. The molecule has 0 fully saturated rings. The van der Waals surface area contributed by atoms with Gasteiger partial charge >= 0.3 is 0 Å². The van der Waals surface area contributed by atoms with Crippen LogP contribution in [0.1, 0.15) is 0 Å². The molecule has 3 rings (SSSR count). The molecule has 0 unspecified atom stereocenters. The maximum Gasteiger partial charge on any atom is 0.188 e. The number of ether oxygens (including phenoxy) is 1. The van der Waals surface area contributed by atoms with Crippen molar-refractivity contribution in [3.05, 3.63) is 46.4 Å². The molecule has 0 aliphatic rings. The Labute approximate surface area is 130 Å². The Balaban J connectivity index is 1.96. The summed E-state index contributed by atoms with van der Waals surface area (Å²) < 4.78 is 6.25. The predicted octanol–water partition coefficient (Wildman–Crippen LogP) is 5.36. The first-order valence-electron chi connectivity index (χ1n) is 5.82. The van der Waals surface area contributed by atoms with Gasteiger partial charge in [-0.05, 0) is 36.4 Å². The lowest BCUT2D eigenvalue weighted by atomic mass is 10.3. The van der Waals surface area contributed by atoms with Crippen molar-refractivity contribution in [2.24, 2.45) is 0 Å². The first kappa shape index (κ1) is 13.5. The number of nitrogens with one attached hydrogen (secondary N) is 1. The van der Waals surface area contributed by atoms with Crippen LogP contribution in [0.25, 0.3) is 10.2 Å². The Kier molecular flexibility index (Phi) is 3.70. The maximum absolute atomic E-state index is 6.13. The third-order valence-corrected chi connectivity index (χ3v) is 4.26. The largest absolute Gasteiger partial charge is 0.497 e. The van der Waals surface area contributed by atoms with E-state index < -0.39 is 0 Å². The topological polar surface area (TPSA) is 34.1 Å². The number of anilines is 2. The Hall–Kier alpha value is -1.49. The Morgan fingerprint density at radius 3 is 2.80 bits per heavy atom. The van der Waals surface area contributed by atoms with E-state index in [1.54, 1.807) is 25.3 Å². The van der Waals surface area contributed by atoms with Crippen LogP contribution in [0, 0.1) is 0 Å². The van der Waals surface area contributed by atoms with Gasteiger partial charge in [0.2, 0.25) is 0 Å². The Morgan fingerprint density at radius 2 is 2.00 bits per heavy atom. The highest BCUT2D eigenvalue weighted by Gasteiger charge is 2.07. The summed E-state index contributed by atoms with van der Waals surface area (Å²) in [5.41, 5.74) is 1.65. The van der Waals surface area contributed by atoms with Crippen LogP contribution < -0.4 is 10.1 Å². The monoisotopic (exact) mass is 324 g/mol. The molecule has 102 valence electrons. The van der Waals surface area contributed by atoms with Crippen molar-refractivity contribution >= 4 is 55.6 Å². The zero-order valence-corrected chi connectivity index (χ0v) is 12.8.